The van der Waals surface area contributed by atoms with Crippen LogP contribution in [0.3, 0.4) is 0 Å². The molecule has 0 heterocycles. The summed E-state index contributed by atoms with van der Waals surface area (Å²) in [6.45, 7) is 0. The predicted octanol–water partition coefficient (Wildman–Crippen LogP) is -7.55. The molecule has 114 valence electrons. The molecular formula is Ga2O15S3. The van der Waals surface area contributed by atoms with Gasteiger partial charge >= 0.3 is 39.6 Å². The first kappa shape index (κ1) is 32.6. The predicted molar refractivity (Wildman–Crippen MR) is 43.9 cm³/mol. The van der Waals surface area contributed by atoms with Gasteiger partial charge in [0.15, 0.2) is 0 Å². The zero-order chi connectivity index (χ0) is 15.6. The Bertz CT molecular complexity index is 403. The van der Waals surface area contributed by atoms with E-state index >= 15 is 0 Å². The summed E-state index contributed by atoms with van der Waals surface area (Å²) in [5.74, 6) is 0. The van der Waals surface area contributed by atoms with Crippen molar-refractivity contribution in [1.29, 1.82) is 0 Å². The zero-order valence-corrected chi connectivity index (χ0v) is 15.8. The Morgan fingerprint density at radius 2 is 0.550 bits per heavy atom. The van der Waals surface area contributed by atoms with Crippen molar-refractivity contribution in [1.82, 2.24) is 0 Å². The van der Waals surface area contributed by atoms with Gasteiger partial charge in [-0.1, -0.05) is 0 Å². The Morgan fingerprint density at radius 1 is 0.500 bits per heavy atom. The first-order valence-electron chi connectivity index (χ1n) is 2.50. The molecule has 0 radical (unpaired) electrons. The van der Waals surface area contributed by atoms with Gasteiger partial charge in [0.25, 0.3) is 0 Å². The van der Waals surface area contributed by atoms with Crippen molar-refractivity contribution in [2.45, 2.75) is 0 Å². The molecule has 0 aliphatic rings. The van der Waals surface area contributed by atoms with Gasteiger partial charge < -0.3 is 42.4 Å². The van der Waals surface area contributed by atoms with Gasteiger partial charge in [0.1, 0.15) is 0 Å². The largest absolute Gasteiger partial charge is 3.00 e. The van der Waals surface area contributed by atoms with Gasteiger partial charge in [-0.25, -0.2) is 25.3 Å². The molecule has 0 aliphatic carbocycles. The van der Waals surface area contributed by atoms with Crippen LogP contribution in [-0.2, 0) is 44.2 Å². The van der Waals surface area contributed by atoms with Crippen LogP contribution in [-0.4, -0.2) is 78.5 Å². The minimum Gasteiger partial charge on any atom is -0.726 e. The summed E-state index contributed by atoms with van der Waals surface area (Å²) in [5, 5.41) is 25.7. The molecule has 20 heavy (non-hydrogen) atoms. The quantitative estimate of drug-likeness (QED) is 0.120. The van der Waals surface area contributed by atoms with Gasteiger partial charge in [-0.05, 0) is 0 Å². The Morgan fingerprint density at radius 3 is 0.550 bits per heavy atom. The summed E-state index contributed by atoms with van der Waals surface area (Å²) in [7, 11) is -14.9. The molecule has 0 unspecified atom stereocenters. The van der Waals surface area contributed by atoms with Gasteiger partial charge in [-0.3, -0.25) is 0 Å². The van der Waals surface area contributed by atoms with Crippen LogP contribution in [0, 0.1) is 0 Å². The minimum atomic E-state index is -4.97. The molecule has 0 atom stereocenters. The van der Waals surface area contributed by atoms with E-state index in [1.54, 1.807) is 0 Å². The molecule has 0 aliphatic heterocycles. The summed E-state index contributed by atoms with van der Waals surface area (Å²) in [4.78, 5) is 0. The molecule has 0 amide bonds. The Labute approximate surface area is 138 Å². The third kappa shape index (κ3) is 62.1. The van der Waals surface area contributed by atoms with Crippen LogP contribution in [0.1, 0.15) is 0 Å². The molecule has 0 aromatic rings. The molecule has 0 bridgehead atoms. The maximum absolute atomic E-state index is 8.91. The second kappa shape index (κ2) is 14.7. The zero-order valence-electron chi connectivity index (χ0n) is 8.50. The molecule has 0 aromatic heterocycles. The standard InChI is InChI=1S/2Ga.3H2O5S/c;;3*1-5-6(2,3)4/h;;3*1H,(H,2,3,4)/q2*+3;;;/p-6. The van der Waals surface area contributed by atoms with Gasteiger partial charge in [0.2, 0.25) is 31.2 Å². The summed E-state index contributed by atoms with van der Waals surface area (Å²) in [6, 6.07) is 0. The van der Waals surface area contributed by atoms with Crippen molar-refractivity contribution in [2.24, 2.45) is 0 Å². The molecule has 0 rings (SSSR count). The van der Waals surface area contributed by atoms with Crippen LogP contribution in [0.25, 0.3) is 0 Å². The van der Waals surface area contributed by atoms with Crippen LogP contribution >= 0.6 is 0 Å². The van der Waals surface area contributed by atoms with E-state index in [9.17, 15) is 0 Å². The second-order valence-electron chi connectivity index (χ2n) is 1.43. The fourth-order valence-corrected chi connectivity index (χ4v) is 0. The van der Waals surface area contributed by atoms with E-state index in [1.165, 1.54) is 0 Å². The fourth-order valence-electron chi connectivity index (χ4n) is 0. The van der Waals surface area contributed by atoms with Gasteiger partial charge in [-0.15, -0.1) is 0 Å². The van der Waals surface area contributed by atoms with Crippen molar-refractivity contribution in [2.75, 3.05) is 0 Å². The summed E-state index contributed by atoms with van der Waals surface area (Å²) < 4.78 is 86.5. The van der Waals surface area contributed by atoms with Crippen molar-refractivity contribution < 1.29 is 67.7 Å². The Kier molecular flexibility index (Phi) is 24.0. The monoisotopic (exact) mass is 474 g/mol. The summed E-state index contributed by atoms with van der Waals surface area (Å²) in [6.07, 6.45) is 0. The van der Waals surface area contributed by atoms with Gasteiger partial charge in [0.05, 0.1) is 0 Å². The van der Waals surface area contributed by atoms with Crippen LogP contribution in [0.5, 0.6) is 0 Å². The summed E-state index contributed by atoms with van der Waals surface area (Å²) >= 11 is 0. The van der Waals surface area contributed by atoms with Crippen LogP contribution in [0.4, 0.5) is 0 Å². The van der Waals surface area contributed by atoms with Crippen LogP contribution < -0.4 is 15.8 Å². The average Bonchev–Trinajstić information content (AvgIpc) is 2.16. The topological polar surface area (TPSA) is 268 Å². The van der Waals surface area contributed by atoms with E-state index in [4.69, 9.17) is 54.7 Å². The maximum Gasteiger partial charge on any atom is 3.00 e. The second-order valence-corrected chi connectivity index (χ2v) is 4.29. The van der Waals surface area contributed by atoms with Crippen molar-refractivity contribution in [3.63, 3.8) is 0 Å². The molecule has 0 saturated heterocycles. The smallest absolute Gasteiger partial charge is 0.726 e. The van der Waals surface area contributed by atoms with Crippen molar-refractivity contribution in [3.05, 3.63) is 0 Å². The molecule has 0 aromatic carbocycles. The fraction of sp³-hybridized carbons (Fsp3) is 0. The van der Waals surface area contributed by atoms with E-state index < -0.39 is 31.2 Å². The first-order valence-corrected chi connectivity index (χ1v) is 6.50. The Balaban J connectivity index is -0.0000000536. The third-order valence-corrected chi connectivity index (χ3v) is 0.750. The van der Waals surface area contributed by atoms with Crippen molar-refractivity contribution >= 4 is 70.8 Å². The SMILES string of the molecule is O=S(=O)([O-])O[O-].O=S(=O)([O-])O[O-].O=S(=O)([O-])O[O-].[Ga+3].[Ga+3]. The van der Waals surface area contributed by atoms with E-state index in [-0.39, 0.29) is 39.6 Å². The third-order valence-electron chi connectivity index (χ3n) is 0.250. The first-order chi connectivity index (χ1) is 7.68. The summed E-state index contributed by atoms with van der Waals surface area (Å²) in [5.41, 5.74) is 0. The van der Waals surface area contributed by atoms with Gasteiger partial charge in [-0.2, -0.15) is 0 Å². The van der Waals surface area contributed by atoms with E-state index in [2.05, 4.69) is 13.0 Å². The molecular weight excluding hydrogens is 476 g/mol. The number of rotatable bonds is 3. The van der Waals surface area contributed by atoms with Crippen LogP contribution in [0.15, 0.2) is 0 Å². The van der Waals surface area contributed by atoms with Gasteiger partial charge in [0, 0.05) is 0 Å². The maximum atomic E-state index is 8.91. The van der Waals surface area contributed by atoms with E-state index in [1.807, 2.05) is 0 Å². The molecule has 0 spiro atoms. The Hall–Kier alpha value is 0.763. The molecule has 20 heteroatoms. The van der Waals surface area contributed by atoms with E-state index in [0.717, 1.165) is 0 Å². The van der Waals surface area contributed by atoms with Crippen LogP contribution in [0.2, 0.25) is 0 Å². The molecule has 15 nitrogen and oxygen atoms in total. The number of hydrogen-bond acceptors (Lipinski definition) is 15. The van der Waals surface area contributed by atoms with E-state index in [0.29, 0.717) is 0 Å². The molecule has 0 fully saturated rings. The minimum absolute atomic E-state index is 0. The number of hydrogen-bond donors (Lipinski definition) is 0. The average molecular weight is 476 g/mol. The normalized spacial score (nSPS) is 10.5. The van der Waals surface area contributed by atoms with Crippen molar-refractivity contribution in [3.8, 4) is 0 Å². The molecule has 0 N–H and O–H groups in total. The molecule has 0 saturated carbocycles.